The smallest absolute Gasteiger partial charge is 0.343 e. The number of anilines is 1. The number of hydrogen-bond donors (Lipinski definition) is 1. The molecular weight excluding hydrogens is 558 g/mol. The van der Waals surface area contributed by atoms with Crippen LogP contribution in [0.15, 0.2) is 106 Å². The molecule has 5 rings (SSSR count). The maximum absolute atomic E-state index is 12.9. The molecule has 5 aromatic rings. The SMILES string of the molecule is O=C(Oc1ccccc1-c1nc2ccc(Br)cn2c1NCc1ccccc1)c1cccc(Br)c1. The monoisotopic (exact) mass is 575 g/mol. The third-order valence-corrected chi connectivity index (χ3v) is 6.25. The first-order chi connectivity index (χ1) is 16.6. The Kier molecular flexibility index (Phi) is 6.47. The highest BCUT2D eigenvalue weighted by molar-refractivity contribution is 9.10. The van der Waals surface area contributed by atoms with Gasteiger partial charge in [0.25, 0.3) is 0 Å². The van der Waals surface area contributed by atoms with Crippen LogP contribution in [0.2, 0.25) is 0 Å². The van der Waals surface area contributed by atoms with Gasteiger partial charge in [-0.25, -0.2) is 9.78 Å². The van der Waals surface area contributed by atoms with Gasteiger partial charge in [-0.3, -0.25) is 4.40 Å². The highest BCUT2D eigenvalue weighted by Gasteiger charge is 2.20. The summed E-state index contributed by atoms with van der Waals surface area (Å²) < 4.78 is 9.57. The second-order valence-electron chi connectivity index (χ2n) is 7.62. The van der Waals surface area contributed by atoms with Crippen molar-refractivity contribution in [3.63, 3.8) is 0 Å². The summed E-state index contributed by atoms with van der Waals surface area (Å²) >= 11 is 6.96. The lowest BCUT2D eigenvalue weighted by Crippen LogP contribution is -2.09. The van der Waals surface area contributed by atoms with E-state index in [1.54, 1.807) is 24.3 Å². The molecule has 0 aliphatic rings. The summed E-state index contributed by atoms with van der Waals surface area (Å²) in [5, 5.41) is 3.53. The molecule has 5 nitrogen and oxygen atoms in total. The van der Waals surface area contributed by atoms with E-state index in [1.807, 2.05) is 65.2 Å². The lowest BCUT2D eigenvalue weighted by molar-refractivity contribution is 0.0735. The van der Waals surface area contributed by atoms with Gasteiger partial charge in [0.2, 0.25) is 0 Å². The molecule has 34 heavy (non-hydrogen) atoms. The number of fused-ring (bicyclic) bond motifs is 1. The molecule has 0 bridgehead atoms. The molecule has 0 fully saturated rings. The summed E-state index contributed by atoms with van der Waals surface area (Å²) in [5.74, 6) is 0.822. The van der Waals surface area contributed by atoms with E-state index in [0.29, 0.717) is 23.6 Å². The zero-order valence-corrected chi connectivity index (χ0v) is 21.1. The number of ether oxygens (including phenoxy) is 1. The summed E-state index contributed by atoms with van der Waals surface area (Å²) in [6, 6.07) is 28.6. The largest absolute Gasteiger partial charge is 0.422 e. The van der Waals surface area contributed by atoms with Gasteiger partial charge >= 0.3 is 5.97 Å². The van der Waals surface area contributed by atoms with Gasteiger partial charge < -0.3 is 10.1 Å². The first kappa shape index (κ1) is 22.4. The summed E-state index contributed by atoms with van der Waals surface area (Å²) in [4.78, 5) is 17.7. The first-order valence-corrected chi connectivity index (χ1v) is 12.2. The number of halogens is 2. The molecule has 7 heteroatoms. The van der Waals surface area contributed by atoms with Crippen LogP contribution in [-0.2, 0) is 6.54 Å². The predicted octanol–water partition coefficient (Wildman–Crippen LogP) is 7.36. The summed E-state index contributed by atoms with van der Waals surface area (Å²) in [6.07, 6.45) is 1.97. The van der Waals surface area contributed by atoms with E-state index >= 15 is 0 Å². The Morgan fingerprint density at radius 2 is 1.68 bits per heavy atom. The third kappa shape index (κ3) is 4.76. The molecule has 0 amide bonds. The fourth-order valence-corrected chi connectivity index (χ4v) is 4.42. The first-order valence-electron chi connectivity index (χ1n) is 10.6. The molecule has 2 heterocycles. The lowest BCUT2D eigenvalue weighted by atomic mass is 10.1. The highest BCUT2D eigenvalue weighted by Crippen LogP contribution is 2.36. The van der Waals surface area contributed by atoms with Crippen LogP contribution in [0.1, 0.15) is 15.9 Å². The fraction of sp³-hybridized carbons (Fsp3) is 0.0370. The Hall–Kier alpha value is -3.42. The molecule has 1 N–H and O–H groups in total. The van der Waals surface area contributed by atoms with Crippen molar-refractivity contribution >= 4 is 49.3 Å². The number of hydrogen-bond acceptors (Lipinski definition) is 4. The van der Waals surface area contributed by atoms with Crippen molar-refractivity contribution in [2.45, 2.75) is 6.54 Å². The number of esters is 1. The minimum atomic E-state index is -0.431. The minimum absolute atomic E-state index is 0.431. The van der Waals surface area contributed by atoms with Crippen LogP contribution in [-0.4, -0.2) is 15.4 Å². The number of aromatic nitrogens is 2. The van der Waals surface area contributed by atoms with Crippen LogP contribution in [0.4, 0.5) is 5.82 Å². The summed E-state index contributed by atoms with van der Waals surface area (Å²) in [5.41, 5.74) is 3.81. The Balaban J connectivity index is 1.56. The van der Waals surface area contributed by atoms with E-state index in [2.05, 4.69) is 49.3 Å². The Labute approximate surface area is 213 Å². The standard InChI is InChI=1S/C27H19Br2N3O2/c28-20-10-6-9-19(15-20)27(33)34-23-12-5-4-11-22(23)25-26(30-16-18-7-2-1-3-8-18)32-17-21(29)13-14-24(32)31-25/h1-15,17,30H,16H2. The van der Waals surface area contributed by atoms with Gasteiger partial charge in [0.15, 0.2) is 0 Å². The van der Waals surface area contributed by atoms with Crippen LogP contribution in [0, 0.1) is 0 Å². The van der Waals surface area contributed by atoms with Crippen molar-refractivity contribution in [1.82, 2.24) is 9.38 Å². The number of imidazole rings is 1. The van der Waals surface area contributed by atoms with E-state index < -0.39 is 5.97 Å². The van der Waals surface area contributed by atoms with E-state index in [0.717, 1.165) is 31.5 Å². The van der Waals surface area contributed by atoms with Crippen molar-refractivity contribution in [3.8, 4) is 17.0 Å². The number of carbonyl (C=O) groups is 1. The second kappa shape index (κ2) is 9.83. The molecule has 0 atom stereocenters. The maximum Gasteiger partial charge on any atom is 0.343 e. The van der Waals surface area contributed by atoms with Gasteiger partial charge in [-0.1, -0.05) is 64.5 Å². The van der Waals surface area contributed by atoms with Gasteiger partial charge in [0.05, 0.1) is 5.56 Å². The zero-order valence-electron chi connectivity index (χ0n) is 17.9. The highest BCUT2D eigenvalue weighted by atomic mass is 79.9. The Morgan fingerprint density at radius 1 is 0.882 bits per heavy atom. The maximum atomic E-state index is 12.9. The molecule has 0 saturated carbocycles. The van der Waals surface area contributed by atoms with Crippen molar-refractivity contribution in [2.24, 2.45) is 0 Å². The van der Waals surface area contributed by atoms with Crippen molar-refractivity contribution < 1.29 is 9.53 Å². The minimum Gasteiger partial charge on any atom is -0.422 e. The molecule has 0 aliphatic heterocycles. The van der Waals surface area contributed by atoms with Gasteiger partial charge in [0.1, 0.15) is 22.9 Å². The van der Waals surface area contributed by atoms with Crippen LogP contribution < -0.4 is 10.1 Å². The zero-order chi connectivity index (χ0) is 23.5. The van der Waals surface area contributed by atoms with Crippen molar-refractivity contribution in [3.05, 3.63) is 117 Å². The molecular formula is C27H19Br2N3O2. The van der Waals surface area contributed by atoms with Gasteiger partial charge in [0, 0.05) is 27.3 Å². The number of rotatable bonds is 6. The van der Waals surface area contributed by atoms with Gasteiger partial charge in [-0.2, -0.15) is 0 Å². The number of para-hydroxylation sites is 1. The number of pyridine rings is 1. The van der Waals surface area contributed by atoms with Crippen LogP contribution in [0.25, 0.3) is 16.9 Å². The number of nitrogens with zero attached hydrogens (tertiary/aromatic N) is 2. The van der Waals surface area contributed by atoms with Crippen LogP contribution in [0.3, 0.4) is 0 Å². The molecule has 0 unspecified atom stereocenters. The lowest BCUT2D eigenvalue weighted by Gasteiger charge is -2.12. The molecule has 3 aromatic carbocycles. The second-order valence-corrected chi connectivity index (χ2v) is 9.45. The normalized spacial score (nSPS) is 10.9. The van der Waals surface area contributed by atoms with Gasteiger partial charge in [-0.05, 0) is 64.0 Å². The number of carbonyl (C=O) groups excluding carboxylic acids is 1. The topological polar surface area (TPSA) is 55.6 Å². The predicted molar refractivity (Wildman–Crippen MR) is 141 cm³/mol. The summed E-state index contributed by atoms with van der Waals surface area (Å²) in [7, 11) is 0. The van der Waals surface area contributed by atoms with Crippen molar-refractivity contribution in [2.75, 3.05) is 5.32 Å². The van der Waals surface area contributed by atoms with E-state index in [1.165, 1.54) is 0 Å². The average molecular weight is 577 g/mol. The molecule has 0 saturated heterocycles. The third-order valence-electron chi connectivity index (χ3n) is 5.29. The summed E-state index contributed by atoms with van der Waals surface area (Å²) in [6.45, 7) is 0.619. The quantitative estimate of drug-likeness (QED) is 0.169. The van der Waals surface area contributed by atoms with Crippen LogP contribution >= 0.6 is 31.9 Å². The van der Waals surface area contributed by atoms with E-state index in [4.69, 9.17) is 9.72 Å². The Bertz CT molecular complexity index is 1480. The average Bonchev–Trinajstić information content (AvgIpc) is 3.21. The number of nitrogens with one attached hydrogen (secondary N) is 1. The van der Waals surface area contributed by atoms with Crippen molar-refractivity contribution in [1.29, 1.82) is 0 Å². The van der Waals surface area contributed by atoms with E-state index in [-0.39, 0.29) is 0 Å². The molecule has 0 spiro atoms. The molecule has 2 aromatic heterocycles. The molecule has 0 radical (unpaired) electrons. The fourth-order valence-electron chi connectivity index (χ4n) is 3.68. The Morgan fingerprint density at radius 3 is 2.50 bits per heavy atom. The van der Waals surface area contributed by atoms with Crippen LogP contribution in [0.5, 0.6) is 5.75 Å². The molecule has 0 aliphatic carbocycles. The van der Waals surface area contributed by atoms with Gasteiger partial charge in [-0.15, -0.1) is 0 Å². The van der Waals surface area contributed by atoms with E-state index in [9.17, 15) is 4.79 Å². The number of benzene rings is 3. The molecule has 168 valence electrons.